The second-order valence-corrected chi connectivity index (χ2v) is 14.1. The van der Waals surface area contributed by atoms with Crippen LogP contribution >= 0.6 is 45.3 Å². The lowest BCUT2D eigenvalue weighted by atomic mass is 10.1. The van der Waals surface area contributed by atoms with E-state index in [9.17, 15) is 0 Å². The largest absolute Gasteiger partial charge is 0.368 e. The predicted octanol–water partition coefficient (Wildman–Crippen LogP) is 7.37. The van der Waals surface area contributed by atoms with E-state index in [1.54, 1.807) is 22.7 Å². The van der Waals surface area contributed by atoms with Crippen molar-refractivity contribution in [3.63, 3.8) is 0 Å². The van der Waals surface area contributed by atoms with Gasteiger partial charge in [0.15, 0.2) is 0 Å². The van der Waals surface area contributed by atoms with Gasteiger partial charge >= 0.3 is 0 Å². The molecule has 6 heterocycles. The standard InChI is InChI=1S/C30H20N6S4/c1-3-19-23(11-15(1)27-31-7-8-32-27)39-29(35-19)25-13-17-18-14-26(38-22(18)6-5-21(17)37-25)30-36-20-4-2-16(12-24(20)40-30)28-33-9-10-34-28/h1-6,11-14H,7-10H2,(H,31,32)(H,33,34). The summed E-state index contributed by atoms with van der Waals surface area (Å²) in [7, 11) is 0. The Morgan fingerprint density at radius 2 is 1.02 bits per heavy atom. The highest BCUT2D eigenvalue weighted by atomic mass is 32.1. The molecule has 0 fully saturated rings. The third-order valence-corrected chi connectivity index (χ3v) is 11.9. The molecule has 0 radical (unpaired) electrons. The number of aliphatic imine (C=N–C) groups is 2. The van der Waals surface area contributed by atoms with Gasteiger partial charge in [0.05, 0.1) is 43.3 Å². The molecule has 6 nitrogen and oxygen atoms in total. The van der Waals surface area contributed by atoms with Crippen molar-refractivity contribution >= 4 is 97.6 Å². The van der Waals surface area contributed by atoms with Crippen LogP contribution in [-0.4, -0.2) is 47.8 Å². The molecule has 40 heavy (non-hydrogen) atoms. The summed E-state index contributed by atoms with van der Waals surface area (Å²) in [6.07, 6.45) is 0. The van der Waals surface area contributed by atoms with Crippen molar-refractivity contribution in [1.82, 2.24) is 20.6 Å². The smallest absolute Gasteiger partial charge is 0.134 e. The van der Waals surface area contributed by atoms with Gasteiger partial charge in [-0.1, -0.05) is 0 Å². The summed E-state index contributed by atoms with van der Waals surface area (Å²) in [6.45, 7) is 3.51. The lowest BCUT2D eigenvalue weighted by Crippen LogP contribution is -2.19. The molecule has 2 N–H and O–H groups in total. The second kappa shape index (κ2) is 8.90. The Labute approximate surface area is 244 Å². The number of rotatable bonds is 4. The number of hydrogen-bond acceptors (Lipinski definition) is 10. The molecular weight excluding hydrogens is 573 g/mol. The summed E-state index contributed by atoms with van der Waals surface area (Å²) in [5.41, 5.74) is 4.35. The van der Waals surface area contributed by atoms with E-state index in [1.807, 2.05) is 22.7 Å². The van der Waals surface area contributed by atoms with Crippen LogP contribution < -0.4 is 10.6 Å². The van der Waals surface area contributed by atoms with Crippen LogP contribution in [0.5, 0.6) is 0 Å². The first-order valence-corrected chi connectivity index (χ1v) is 16.4. The number of aromatic nitrogens is 2. The van der Waals surface area contributed by atoms with E-state index in [1.165, 1.54) is 39.3 Å². The minimum atomic E-state index is 0.843. The topological polar surface area (TPSA) is 74.6 Å². The molecule has 0 aliphatic carbocycles. The zero-order valence-electron chi connectivity index (χ0n) is 21.0. The first kappa shape index (κ1) is 23.0. The zero-order valence-corrected chi connectivity index (χ0v) is 24.3. The van der Waals surface area contributed by atoms with E-state index in [2.05, 4.69) is 81.3 Å². The number of nitrogens with one attached hydrogen (secondary N) is 2. The highest BCUT2D eigenvalue weighted by Crippen LogP contribution is 2.44. The summed E-state index contributed by atoms with van der Waals surface area (Å²) in [4.78, 5) is 21.6. The fourth-order valence-corrected chi connectivity index (χ4v) is 9.63. The average Bonchev–Trinajstić information content (AvgIpc) is 3.82. The van der Waals surface area contributed by atoms with Crippen LogP contribution in [0.3, 0.4) is 0 Å². The number of thiazole rings is 2. The van der Waals surface area contributed by atoms with E-state index in [-0.39, 0.29) is 0 Å². The van der Waals surface area contributed by atoms with E-state index in [0.29, 0.717) is 0 Å². The number of hydrogen-bond donors (Lipinski definition) is 2. The maximum atomic E-state index is 4.99. The van der Waals surface area contributed by atoms with Crippen LogP contribution in [0.2, 0.25) is 0 Å². The van der Waals surface area contributed by atoms with Crippen molar-refractivity contribution in [3.05, 3.63) is 71.8 Å². The fourth-order valence-electron chi connectivity index (χ4n) is 5.38. The van der Waals surface area contributed by atoms with E-state index < -0.39 is 0 Å². The Morgan fingerprint density at radius 1 is 0.525 bits per heavy atom. The molecule has 9 rings (SSSR count). The maximum Gasteiger partial charge on any atom is 0.134 e. The van der Waals surface area contributed by atoms with E-state index in [4.69, 9.17) is 9.97 Å². The quantitative estimate of drug-likeness (QED) is 0.224. The molecule has 10 heteroatoms. The van der Waals surface area contributed by atoms with Crippen LogP contribution in [-0.2, 0) is 0 Å². The van der Waals surface area contributed by atoms with Crippen LogP contribution in [0.25, 0.3) is 60.4 Å². The third kappa shape index (κ3) is 3.71. The van der Waals surface area contributed by atoms with Gasteiger partial charge in [-0.15, -0.1) is 45.3 Å². The van der Waals surface area contributed by atoms with Gasteiger partial charge in [0.2, 0.25) is 0 Å². The molecule has 0 atom stereocenters. The Morgan fingerprint density at radius 3 is 1.48 bits per heavy atom. The van der Waals surface area contributed by atoms with Gasteiger partial charge in [0.25, 0.3) is 0 Å². The summed E-state index contributed by atoms with van der Waals surface area (Å²) >= 11 is 7.15. The SMILES string of the molecule is c1cc2nc(-c3cc4c(ccc5sc(-c6nc7ccc(C8=NCCN8)cc7s6)cc54)s3)sc2cc1C1=NCCN1. The molecular formula is C30H20N6S4. The third-order valence-electron chi connectivity index (χ3n) is 7.29. The van der Waals surface area contributed by atoms with Crippen molar-refractivity contribution in [2.75, 3.05) is 26.2 Å². The average molecular weight is 593 g/mol. The summed E-state index contributed by atoms with van der Waals surface area (Å²) < 4.78 is 4.96. The number of nitrogens with zero attached hydrogens (tertiary/aromatic N) is 4. The van der Waals surface area contributed by atoms with Gasteiger partial charge < -0.3 is 10.6 Å². The zero-order chi connectivity index (χ0) is 26.2. The molecule has 0 amide bonds. The lowest BCUT2D eigenvalue weighted by molar-refractivity contribution is 0.960. The molecule has 2 aliphatic heterocycles. The molecule has 0 saturated carbocycles. The maximum absolute atomic E-state index is 4.99. The number of amidine groups is 2. The summed E-state index contributed by atoms with van der Waals surface area (Å²) in [5.74, 6) is 1.98. The molecule has 0 saturated heterocycles. The Bertz CT molecular complexity index is 2040. The van der Waals surface area contributed by atoms with Crippen LogP contribution in [0.4, 0.5) is 0 Å². The molecule has 0 bridgehead atoms. The Hall–Kier alpha value is -3.70. The molecule has 2 aliphatic rings. The van der Waals surface area contributed by atoms with Gasteiger partial charge in [0, 0.05) is 44.4 Å². The molecule has 3 aromatic carbocycles. The van der Waals surface area contributed by atoms with E-state index in [0.717, 1.165) is 70.0 Å². The molecule has 7 aromatic rings. The number of benzene rings is 3. The van der Waals surface area contributed by atoms with Crippen molar-refractivity contribution < 1.29 is 0 Å². The molecule has 0 spiro atoms. The van der Waals surface area contributed by atoms with Crippen molar-refractivity contribution in [2.24, 2.45) is 9.98 Å². The van der Waals surface area contributed by atoms with E-state index >= 15 is 0 Å². The van der Waals surface area contributed by atoms with Crippen LogP contribution in [0.1, 0.15) is 11.1 Å². The predicted molar refractivity (Wildman–Crippen MR) is 173 cm³/mol. The Kier molecular flexibility index (Phi) is 5.13. The molecule has 0 unspecified atom stereocenters. The highest BCUT2D eigenvalue weighted by Gasteiger charge is 2.17. The van der Waals surface area contributed by atoms with Crippen LogP contribution in [0.15, 0.2) is 70.6 Å². The van der Waals surface area contributed by atoms with Gasteiger partial charge in [-0.25, -0.2) is 9.97 Å². The first-order chi connectivity index (χ1) is 19.7. The highest BCUT2D eigenvalue weighted by molar-refractivity contribution is 7.29. The minimum Gasteiger partial charge on any atom is -0.368 e. The Balaban J connectivity index is 1.09. The van der Waals surface area contributed by atoms with Crippen molar-refractivity contribution in [2.45, 2.75) is 0 Å². The summed E-state index contributed by atoms with van der Waals surface area (Å²) in [6, 6.07) is 22.0. The number of thiophene rings is 2. The van der Waals surface area contributed by atoms with Gasteiger partial charge in [-0.3, -0.25) is 9.98 Å². The normalized spacial score (nSPS) is 15.3. The summed E-state index contributed by atoms with van der Waals surface area (Å²) in [5, 5.41) is 11.5. The number of fused-ring (bicyclic) bond motifs is 5. The van der Waals surface area contributed by atoms with Crippen molar-refractivity contribution in [1.29, 1.82) is 0 Å². The molecule has 194 valence electrons. The minimum absolute atomic E-state index is 0.843. The van der Waals surface area contributed by atoms with Gasteiger partial charge in [0.1, 0.15) is 21.7 Å². The molecule has 4 aromatic heterocycles. The van der Waals surface area contributed by atoms with Crippen molar-refractivity contribution in [3.8, 4) is 19.8 Å². The van der Waals surface area contributed by atoms with Gasteiger partial charge in [-0.05, 0) is 60.7 Å². The lowest BCUT2D eigenvalue weighted by Gasteiger charge is -2.01. The second-order valence-electron chi connectivity index (χ2n) is 9.83. The van der Waals surface area contributed by atoms with Crippen LogP contribution in [0, 0.1) is 0 Å². The monoisotopic (exact) mass is 592 g/mol. The fraction of sp³-hybridized carbons (Fsp3) is 0.133. The first-order valence-electron chi connectivity index (χ1n) is 13.1. The van der Waals surface area contributed by atoms with Gasteiger partial charge in [-0.2, -0.15) is 0 Å².